The molecule has 5 aromatic rings. The second-order valence-corrected chi connectivity index (χ2v) is 10.6. The molecule has 0 aliphatic heterocycles. The minimum atomic E-state index is -1.02. The third-order valence-corrected chi connectivity index (χ3v) is 8.05. The van der Waals surface area contributed by atoms with Crippen molar-refractivity contribution in [1.29, 1.82) is 0 Å². The van der Waals surface area contributed by atoms with Gasteiger partial charge in [-0.2, -0.15) is 0 Å². The maximum Gasteiger partial charge on any atom is 0.303 e. The van der Waals surface area contributed by atoms with Crippen LogP contribution in [0.15, 0.2) is 60.7 Å². The van der Waals surface area contributed by atoms with E-state index in [9.17, 15) is 19.2 Å². The number of aromatic nitrogens is 2. The van der Waals surface area contributed by atoms with E-state index in [4.69, 9.17) is 10.2 Å². The second-order valence-electron chi connectivity index (χ2n) is 8.58. The molecule has 0 saturated carbocycles. The minimum absolute atomic E-state index is 0.0855. The first-order chi connectivity index (χ1) is 18.3. The number of Topliss-reactive ketones (excluding diaryl/α,β-unsaturated/α-hetero) is 2. The van der Waals surface area contributed by atoms with Gasteiger partial charge >= 0.3 is 11.9 Å². The van der Waals surface area contributed by atoms with Crippen molar-refractivity contribution < 1.29 is 29.4 Å². The Hall–Kier alpha value is -4.28. The third-order valence-electron chi connectivity index (χ3n) is 5.93. The Morgan fingerprint density at radius 1 is 0.605 bits per heavy atom. The summed E-state index contributed by atoms with van der Waals surface area (Å²) in [6, 6.07) is 19.5. The van der Waals surface area contributed by atoms with Gasteiger partial charge in [-0.3, -0.25) is 19.2 Å². The molecule has 8 nitrogen and oxygen atoms in total. The van der Waals surface area contributed by atoms with E-state index in [2.05, 4.69) is 9.97 Å². The number of nitrogens with zero attached hydrogens (tertiary/aromatic N) is 2. The molecule has 2 heterocycles. The number of carbonyl (C=O) groups excluding carboxylic acids is 2. The van der Waals surface area contributed by atoms with Crippen LogP contribution >= 0.6 is 22.7 Å². The number of thiazole rings is 2. The van der Waals surface area contributed by atoms with Crippen molar-refractivity contribution in [1.82, 2.24) is 9.97 Å². The standard InChI is InChI=1S/C28H20N2O6S2/c31-21(9-11-25(33)34)27-29-19-7-5-15(13-23(19)37-27)17-3-1-2-4-18(17)16-6-8-20-24(14-16)38-28(30-20)22(32)10-12-26(35)36/h1-8,13-14H,9-12H2,(H,33,34)(H,35,36). The van der Waals surface area contributed by atoms with Gasteiger partial charge in [-0.25, -0.2) is 9.97 Å². The monoisotopic (exact) mass is 544 g/mol. The third kappa shape index (κ3) is 5.36. The second kappa shape index (κ2) is 10.6. The van der Waals surface area contributed by atoms with E-state index in [0.29, 0.717) is 21.0 Å². The smallest absolute Gasteiger partial charge is 0.303 e. The van der Waals surface area contributed by atoms with Crippen molar-refractivity contribution in [2.45, 2.75) is 25.7 Å². The fourth-order valence-corrected chi connectivity index (χ4v) is 6.01. The van der Waals surface area contributed by atoms with Crippen LogP contribution in [-0.2, 0) is 9.59 Å². The number of fused-ring (bicyclic) bond motifs is 2. The van der Waals surface area contributed by atoms with Crippen LogP contribution in [0.25, 0.3) is 42.7 Å². The summed E-state index contributed by atoms with van der Waals surface area (Å²) < 4.78 is 1.66. The van der Waals surface area contributed by atoms with Gasteiger partial charge in [-0.1, -0.05) is 36.4 Å². The minimum Gasteiger partial charge on any atom is -0.481 e. The van der Waals surface area contributed by atoms with Gasteiger partial charge in [0.1, 0.15) is 0 Å². The van der Waals surface area contributed by atoms with Crippen LogP contribution in [0.4, 0.5) is 0 Å². The van der Waals surface area contributed by atoms with E-state index in [1.54, 1.807) is 0 Å². The molecule has 0 atom stereocenters. The van der Waals surface area contributed by atoms with Gasteiger partial charge in [0.15, 0.2) is 21.6 Å². The quantitative estimate of drug-likeness (QED) is 0.195. The van der Waals surface area contributed by atoms with E-state index in [-0.39, 0.29) is 37.2 Å². The first kappa shape index (κ1) is 25.4. The molecule has 3 aromatic carbocycles. The topological polar surface area (TPSA) is 135 Å². The summed E-state index contributed by atoms with van der Waals surface area (Å²) in [4.78, 5) is 55.1. The molecule has 0 amide bonds. The first-order valence-electron chi connectivity index (χ1n) is 11.7. The van der Waals surface area contributed by atoms with E-state index in [0.717, 1.165) is 31.7 Å². The molecular formula is C28H20N2O6S2. The molecule has 38 heavy (non-hydrogen) atoms. The van der Waals surface area contributed by atoms with Crippen LogP contribution in [-0.4, -0.2) is 43.7 Å². The lowest BCUT2D eigenvalue weighted by Gasteiger charge is -2.10. The number of carbonyl (C=O) groups is 4. The molecule has 0 unspecified atom stereocenters. The van der Waals surface area contributed by atoms with Gasteiger partial charge in [0, 0.05) is 12.8 Å². The number of carboxylic acids is 2. The molecule has 0 bridgehead atoms. The van der Waals surface area contributed by atoms with Crippen LogP contribution in [0.2, 0.25) is 0 Å². The summed E-state index contributed by atoms with van der Waals surface area (Å²) in [6.07, 6.45) is -0.625. The highest BCUT2D eigenvalue weighted by Gasteiger charge is 2.17. The van der Waals surface area contributed by atoms with Gasteiger partial charge in [0.05, 0.1) is 33.3 Å². The Balaban J connectivity index is 1.47. The highest BCUT2D eigenvalue weighted by Crippen LogP contribution is 2.37. The molecule has 5 rings (SSSR count). The van der Waals surface area contributed by atoms with Gasteiger partial charge in [-0.15, -0.1) is 22.7 Å². The number of ketones is 2. The van der Waals surface area contributed by atoms with Crippen LogP contribution in [0, 0.1) is 0 Å². The number of benzene rings is 3. The molecule has 0 aliphatic rings. The number of hydrogen-bond donors (Lipinski definition) is 2. The largest absolute Gasteiger partial charge is 0.481 e. The summed E-state index contributed by atoms with van der Waals surface area (Å²) in [5, 5.41) is 18.3. The van der Waals surface area contributed by atoms with Gasteiger partial charge in [-0.05, 0) is 46.5 Å². The average Bonchev–Trinajstić information content (AvgIpc) is 3.54. The molecule has 190 valence electrons. The highest BCUT2D eigenvalue weighted by molar-refractivity contribution is 7.20. The lowest BCUT2D eigenvalue weighted by Crippen LogP contribution is -2.03. The van der Waals surface area contributed by atoms with Gasteiger partial charge in [0.2, 0.25) is 0 Å². The Bertz CT molecular complexity index is 1610. The lowest BCUT2D eigenvalue weighted by atomic mass is 9.94. The average molecular weight is 545 g/mol. The first-order valence-corrected chi connectivity index (χ1v) is 13.3. The Labute approximate surface area is 224 Å². The van der Waals surface area contributed by atoms with E-state index in [1.807, 2.05) is 60.7 Å². The van der Waals surface area contributed by atoms with Crippen molar-refractivity contribution in [2.24, 2.45) is 0 Å². The maximum absolute atomic E-state index is 12.4. The van der Waals surface area contributed by atoms with Crippen molar-refractivity contribution in [3.63, 3.8) is 0 Å². The Morgan fingerprint density at radius 3 is 1.42 bits per heavy atom. The molecule has 0 radical (unpaired) electrons. The fraction of sp³-hybridized carbons (Fsp3) is 0.143. The number of hydrogen-bond acceptors (Lipinski definition) is 8. The van der Waals surface area contributed by atoms with E-state index in [1.165, 1.54) is 22.7 Å². The number of rotatable bonds is 10. The summed E-state index contributed by atoms with van der Waals surface area (Å²) in [5.41, 5.74) is 5.19. The lowest BCUT2D eigenvalue weighted by molar-refractivity contribution is -0.137. The Kier molecular flexibility index (Phi) is 7.08. The van der Waals surface area contributed by atoms with Gasteiger partial charge in [0.25, 0.3) is 0 Å². The molecule has 0 aliphatic carbocycles. The van der Waals surface area contributed by atoms with Crippen LogP contribution in [0.5, 0.6) is 0 Å². The maximum atomic E-state index is 12.4. The number of carboxylic acid groups (broad SMARTS) is 2. The predicted octanol–water partition coefficient (Wildman–Crippen LogP) is 6.34. The van der Waals surface area contributed by atoms with Crippen molar-refractivity contribution >= 4 is 66.6 Å². The zero-order valence-electron chi connectivity index (χ0n) is 19.8. The van der Waals surface area contributed by atoms with Gasteiger partial charge < -0.3 is 10.2 Å². The summed E-state index contributed by atoms with van der Waals surface area (Å²) in [5.74, 6) is -2.60. The molecule has 2 N–H and O–H groups in total. The molecule has 10 heteroatoms. The van der Waals surface area contributed by atoms with Crippen LogP contribution < -0.4 is 0 Å². The Morgan fingerprint density at radius 2 is 1.03 bits per heavy atom. The predicted molar refractivity (Wildman–Crippen MR) is 146 cm³/mol. The highest BCUT2D eigenvalue weighted by atomic mass is 32.1. The summed E-state index contributed by atoms with van der Waals surface area (Å²) in [7, 11) is 0. The van der Waals surface area contributed by atoms with Crippen LogP contribution in [0.3, 0.4) is 0 Å². The molecular weight excluding hydrogens is 524 g/mol. The zero-order chi connectivity index (χ0) is 26.8. The summed E-state index contributed by atoms with van der Waals surface area (Å²) in [6.45, 7) is 0. The van der Waals surface area contributed by atoms with Crippen molar-refractivity contribution in [3.05, 3.63) is 70.7 Å². The van der Waals surface area contributed by atoms with Crippen molar-refractivity contribution in [3.8, 4) is 22.3 Å². The fourth-order valence-electron chi connectivity index (χ4n) is 4.06. The molecule has 0 saturated heterocycles. The molecule has 2 aromatic heterocycles. The molecule has 0 fully saturated rings. The van der Waals surface area contributed by atoms with Crippen molar-refractivity contribution in [2.75, 3.05) is 0 Å². The van der Waals surface area contributed by atoms with E-state index < -0.39 is 11.9 Å². The van der Waals surface area contributed by atoms with Crippen LogP contribution in [0.1, 0.15) is 45.3 Å². The summed E-state index contributed by atoms with van der Waals surface area (Å²) >= 11 is 2.50. The normalized spacial score (nSPS) is 11.2. The van der Waals surface area contributed by atoms with E-state index >= 15 is 0 Å². The number of aliphatic carboxylic acids is 2. The SMILES string of the molecule is O=C(O)CCC(=O)c1nc2ccc(-c3ccccc3-c3ccc4nc(C(=O)CCC(=O)O)sc4c3)cc2s1. The zero-order valence-corrected chi connectivity index (χ0v) is 21.5. The molecule has 0 spiro atoms.